The lowest BCUT2D eigenvalue weighted by molar-refractivity contribution is 0.369. The number of hydrogen-bond acceptors (Lipinski definition) is 5. The molecule has 10 N–H and O–H groups in total. The molecule has 0 aromatic heterocycles. The topological polar surface area (TPSA) is 130 Å². The molecular formula is C9H25N5. The van der Waals surface area contributed by atoms with Crippen LogP contribution in [0.15, 0.2) is 0 Å². The number of hydrogen-bond donors (Lipinski definition) is 5. The van der Waals surface area contributed by atoms with Crippen LogP contribution in [0.3, 0.4) is 0 Å². The van der Waals surface area contributed by atoms with Crippen molar-refractivity contribution in [2.45, 2.75) is 44.4 Å². The van der Waals surface area contributed by atoms with Crippen molar-refractivity contribution >= 4 is 0 Å². The van der Waals surface area contributed by atoms with Crippen LogP contribution in [0.1, 0.15) is 26.2 Å². The fourth-order valence-corrected chi connectivity index (χ4v) is 1.36. The monoisotopic (exact) mass is 203 g/mol. The summed E-state index contributed by atoms with van der Waals surface area (Å²) >= 11 is 0. The van der Waals surface area contributed by atoms with E-state index in [-0.39, 0.29) is 18.2 Å². The summed E-state index contributed by atoms with van der Waals surface area (Å²) in [7, 11) is 0. The van der Waals surface area contributed by atoms with Crippen molar-refractivity contribution in [2.24, 2.45) is 34.6 Å². The lowest BCUT2D eigenvalue weighted by atomic mass is 9.92. The van der Waals surface area contributed by atoms with Crippen LogP contribution < -0.4 is 28.7 Å². The minimum absolute atomic E-state index is 0.00981. The van der Waals surface area contributed by atoms with Crippen molar-refractivity contribution in [3.05, 3.63) is 0 Å². The molecule has 3 unspecified atom stereocenters. The zero-order chi connectivity index (χ0) is 11.1. The highest BCUT2D eigenvalue weighted by molar-refractivity contribution is 4.76. The maximum atomic E-state index is 5.86. The summed E-state index contributed by atoms with van der Waals surface area (Å²) in [6, 6.07) is 0.0214. The van der Waals surface area contributed by atoms with Gasteiger partial charge < -0.3 is 28.7 Å². The first-order valence-corrected chi connectivity index (χ1v) is 5.19. The zero-order valence-corrected chi connectivity index (χ0v) is 9.02. The Balaban J connectivity index is 3.78. The highest BCUT2D eigenvalue weighted by atomic mass is 14.8. The Hall–Kier alpha value is -0.200. The second-order valence-electron chi connectivity index (χ2n) is 4.10. The van der Waals surface area contributed by atoms with Gasteiger partial charge in [0.1, 0.15) is 0 Å². The summed E-state index contributed by atoms with van der Waals surface area (Å²) < 4.78 is 0. The molecule has 0 saturated heterocycles. The predicted molar refractivity (Wildman–Crippen MR) is 60.2 cm³/mol. The van der Waals surface area contributed by atoms with Gasteiger partial charge in [0.15, 0.2) is 0 Å². The Morgan fingerprint density at radius 2 is 1.57 bits per heavy atom. The van der Waals surface area contributed by atoms with E-state index < -0.39 is 0 Å². The van der Waals surface area contributed by atoms with E-state index in [4.69, 9.17) is 28.7 Å². The SMILES string of the molecule is CC(N)C(N)CC(CN)CCC(N)N. The molecule has 0 aromatic rings. The zero-order valence-electron chi connectivity index (χ0n) is 9.02. The van der Waals surface area contributed by atoms with Crippen LogP contribution in [-0.4, -0.2) is 24.8 Å². The third-order valence-corrected chi connectivity index (χ3v) is 2.52. The summed E-state index contributed by atoms with van der Waals surface area (Å²) in [5.41, 5.74) is 28.1. The quantitative estimate of drug-likeness (QED) is 0.327. The van der Waals surface area contributed by atoms with Gasteiger partial charge in [-0.05, 0) is 38.6 Å². The average Bonchev–Trinajstić information content (AvgIpc) is 2.11. The van der Waals surface area contributed by atoms with Gasteiger partial charge in [0, 0.05) is 12.1 Å². The van der Waals surface area contributed by atoms with Gasteiger partial charge in [-0.2, -0.15) is 0 Å². The molecule has 86 valence electrons. The third kappa shape index (κ3) is 6.28. The molecule has 0 amide bonds. The van der Waals surface area contributed by atoms with E-state index in [0.29, 0.717) is 12.5 Å². The molecule has 0 spiro atoms. The minimum atomic E-state index is -0.254. The Labute approximate surface area is 86.4 Å². The number of rotatable bonds is 7. The van der Waals surface area contributed by atoms with Crippen molar-refractivity contribution in [2.75, 3.05) is 6.54 Å². The molecule has 3 atom stereocenters. The van der Waals surface area contributed by atoms with Crippen LogP contribution in [-0.2, 0) is 0 Å². The van der Waals surface area contributed by atoms with E-state index in [1.54, 1.807) is 0 Å². The summed E-state index contributed by atoms with van der Waals surface area (Å²) in [5, 5.41) is 0. The lowest BCUT2D eigenvalue weighted by Gasteiger charge is -2.22. The molecular weight excluding hydrogens is 178 g/mol. The average molecular weight is 203 g/mol. The van der Waals surface area contributed by atoms with E-state index in [1.807, 2.05) is 6.92 Å². The van der Waals surface area contributed by atoms with Gasteiger partial charge >= 0.3 is 0 Å². The Bertz CT molecular complexity index is 137. The highest BCUT2D eigenvalue weighted by Crippen LogP contribution is 2.12. The first kappa shape index (κ1) is 13.8. The third-order valence-electron chi connectivity index (χ3n) is 2.52. The van der Waals surface area contributed by atoms with Crippen LogP contribution in [0.25, 0.3) is 0 Å². The van der Waals surface area contributed by atoms with Crippen LogP contribution in [0, 0.1) is 5.92 Å². The van der Waals surface area contributed by atoms with Gasteiger partial charge in [0.05, 0.1) is 6.17 Å². The van der Waals surface area contributed by atoms with Gasteiger partial charge in [-0.25, -0.2) is 0 Å². The lowest BCUT2D eigenvalue weighted by Crippen LogP contribution is -2.41. The van der Waals surface area contributed by atoms with Gasteiger partial charge in [0.2, 0.25) is 0 Å². The van der Waals surface area contributed by atoms with Gasteiger partial charge in [-0.15, -0.1) is 0 Å². The molecule has 0 aliphatic heterocycles. The van der Waals surface area contributed by atoms with E-state index in [2.05, 4.69) is 0 Å². The highest BCUT2D eigenvalue weighted by Gasteiger charge is 2.15. The summed E-state index contributed by atoms with van der Waals surface area (Å²) in [6.45, 7) is 2.53. The van der Waals surface area contributed by atoms with Crippen molar-refractivity contribution in [1.29, 1.82) is 0 Å². The maximum absolute atomic E-state index is 5.86. The first-order valence-electron chi connectivity index (χ1n) is 5.19. The largest absolute Gasteiger partial charge is 0.330 e. The molecule has 14 heavy (non-hydrogen) atoms. The van der Waals surface area contributed by atoms with Crippen LogP contribution in [0.4, 0.5) is 0 Å². The van der Waals surface area contributed by atoms with E-state index >= 15 is 0 Å². The molecule has 0 saturated carbocycles. The Morgan fingerprint density at radius 3 is 1.93 bits per heavy atom. The maximum Gasteiger partial charge on any atom is 0.0520 e. The molecule has 0 bridgehead atoms. The van der Waals surface area contributed by atoms with Crippen molar-refractivity contribution < 1.29 is 0 Å². The normalized spacial score (nSPS) is 18.2. The van der Waals surface area contributed by atoms with Crippen molar-refractivity contribution in [1.82, 2.24) is 0 Å². The molecule has 5 heteroatoms. The summed E-state index contributed by atoms with van der Waals surface area (Å²) in [6.07, 6.45) is 2.30. The van der Waals surface area contributed by atoms with E-state index in [0.717, 1.165) is 19.3 Å². The first-order chi connectivity index (χ1) is 6.47. The van der Waals surface area contributed by atoms with Crippen LogP contribution in [0.2, 0.25) is 0 Å². The van der Waals surface area contributed by atoms with Crippen LogP contribution >= 0.6 is 0 Å². The second-order valence-corrected chi connectivity index (χ2v) is 4.10. The summed E-state index contributed by atoms with van der Waals surface area (Å²) in [5.74, 6) is 0.380. The van der Waals surface area contributed by atoms with Crippen molar-refractivity contribution in [3.63, 3.8) is 0 Å². The molecule has 0 aliphatic carbocycles. The Kier molecular flexibility index (Phi) is 7.04. The minimum Gasteiger partial charge on any atom is -0.330 e. The molecule has 0 radical (unpaired) electrons. The summed E-state index contributed by atoms with van der Waals surface area (Å²) in [4.78, 5) is 0. The van der Waals surface area contributed by atoms with E-state index in [9.17, 15) is 0 Å². The molecule has 0 aromatic carbocycles. The van der Waals surface area contributed by atoms with E-state index in [1.165, 1.54) is 0 Å². The van der Waals surface area contributed by atoms with Gasteiger partial charge in [-0.1, -0.05) is 0 Å². The second kappa shape index (κ2) is 7.14. The predicted octanol–water partition coefficient (Wildman–Crippen LogP) is -1.35. The number of nitrogens with two attached hydrogens (primary N) is 5. The van der Waals surface area contributed by atoms with Gasteiger partial charge in [0.25, 0.3) is 0 Å². The fourth-order valence-electron chi connectivity index (χ4n) is 1.36. The molecule has 0 aliphatic rings. The fraction of sp³-hybridized carbons (Fsp3) is 1.00. The Morgan fingerprint density at radius 1 is 1.00 bits per heavy atom. The van der Waals surface area contributed by atoms with Crippen molar-refractivity contribution in [3.8, 4) is 0 Å². The van der Waals surface area contributed by atoms with Crippen LogP contribution in [0.5, 0.6) is 0 Å². The molecule has 0 fully saturated rings. The van der Waals surface area contributed by atoms with Gasteiger partial charge in [-0.3, -0.25) is 0 Å². The molecule has 0 heterocycles. The molecule has 0 rings (SSSR count). The standard InChI is InChI=1S/C9H25N5/c1-6(11)8(12)4-7(5-10)2-3-9(13)14/h6-9H,2-5,10-14H2,1H3. The molecule has 5 nitrogen and oxygen atoms in total. The smallest absolute Gasteiger partial charge is 0.0520 e.